The van der Waals surface area contributed by atoms with Gasteiger partial charge in [-0.25, -0.2) is 10.8 Å². The Labute approximate surface area is 110 Å². The molecule has 0 saturated carbocycles. The molecular weight excluding hydrogens is 250 g/mol. The number of nitrogen functional groups attached to an aromatic ring is 3. The van der Waals surface area contributed by atoms with Crippen molar-refractivity contribution in [1.29, 1.82) is 0 Å². The van der Waals surface area contributed by atoms with Crippen molar-refractivity contribution in [1.82, 2.24) is 4.98 Å². The maximum absolute atomic E-state index is 6.11. The third kappa shape index (κ3) is 2.47. The van der Waals surface area contributed by atoms with E-state index in [4.69, 9.17) is 28.9 Å². The summed E-state index contributed by atoms with van der Waals surface area (Å²) in [7, 11) is 0. The third-order valence-electron chi connectivity index (χ3n) is 2.64. The van der Waals surface area contributed by atoms with Crippen LogP contribution in [0.1, 0.15) is 11.1 Å². The van der Waals surface area contributed by atoms with E-state index in [0.717, 1.165) is 11.1 Å². The van der Waals surface area contributed by atoms with Gasteiger partial charge in [0.25, 0.3) is 0 Å². The molecule has 0 saturated heterocycles. The Bertz CT molecular complexity index is 570. The van der Waals surface area contributed by atoms with Crippen LogP contribution in [-0.2, 0) is 6.42 Å². The van der Waals surface area contributed by atoms with Crippen molar-refractivity contribution < 1.29 is 0 Å². The fourth-order valence-corrected chi connectivity index (χ4v) is 1.94. The molecule has 1 heterocycles. The molecule has 0 radical (unpaired) electrons. The SMILES string of the molecule is NNc1nc(N)cc(Cc2ccccc2Cl)c1N. The summed E-state index contributed by atoms with van der Waals surface area (Å²) in [4.78, 5) is 4.00. The molecule has 2 aromatic rings. The molecule has 0 atom stereocenters. The number of nitrogens with zero attached hydrogens (tertiary/aromatic N) is 1. The van der Waals surface area contributed by atoms with Gasteiger partial charge in [-0.05, 0) is 23.3 Å². The molecule has 94 valence electrons. The van der Waals surface area contributed by atoms with Gasteiger partial charge in [-0.3, -0.25) is 0 Å². The van der Waals surface area contributed by atoms with E-state index in [1.165, 1.54) is 0 Å². The van der Waals surface area contributed by atoms with Crippen LogP contribution in [0.15, 0.2) is 30.3 Å². The lowest BCUT2D eigenvalue weighted by Gasteiger charge is -2.11. The number of aromatic nitrogens is 1. The molecule has 1 aromatic heterocycles. The van der Waals surface area contributed by atoms with Gasteiger partial charge in [0.1, 0.15) is 5.82 Å². The van der Waals surface area contributed by atoms with Gasteiger partial charge in [-0.1, -0.05) is 29.8 Å². The maximum Gasteiger partial charge on any atom is 0.165 e. The quantitative estimate of drug-likeness (QED) is 0.499. The van der Waals surface area contributed by atoms with Gasteiger partial charge in [0.05, 0.1) is 5.69 Å². The predicted octanol–water partition coefficient (Wildman–Crippen LogP) is 1.78. The zero-order valence-electron chi connectivity index (χ0n) is 9.65. The first-order valence-corrected chi connectivity index (χ1v) is 5.74. The average molecular weight is 264 g/mol. The summed E-state index contributed by atoms with van der Waals surface area (Å²) in [5.41, 5.74) is 16.4. The lowest BCUT2D eigenvalue weighted by molar-refractivity contribution is 1.16. The van der Waals surface area contributed by atoms with Crippen molar-refractivity contribution >= 4 is 28.9 Å². The van der Waals surface area contributed by atoms with Crippen molar-refractivity contribution in [2.24, 2.45) is 5.84 Å². The molecule has 0 fully saturated rings. The monoisotopic (exact) mass is 263 g/mol. The molecule has 5 nitrogen and oxygen atoms in total. The zero-order valence-corrected chi connectivity index (χ0v) is 10.4. The number of hydrogen-bond acceptors (Lipinski definition) is 5. The van der Waals surface area contributed by atoms with Gasteiger partial charge in [0, 0.05) is 11.4 Å². The molecule has 0 spiro atoms. The first-order chi connectivity index (χ1) is 8.61. The molecule has 2 rings (SSSR count). The molecule has 0 aliphatic rings. The zero-order chi connectivity index (χ0) is 13.1. The first-order valence-electron chi connectivity index (χ1n) is 5.36. The van der Waals surface area contributed by atoms with Crippen LogP contribution in [0.2, 0.25) is 5.02 Å². The molecule has 7 N–H and O–H groups in total. The summed E-state index contributed by atoms with van der Waals surface area (Å²) >= 11 is 6.11. The smallest absolute Gasteiger partial charge is 0.165 e. The van der Waals surface area contributed by atoms with Crippen molar-refractivity contribution in [3.8, 4) is 0 Å². The van der Waals surface area contributed by atoms with Crippen LogP contribution < -0.4 is 22.7 Å². The minimum absolute atomic E-state index is 0.360. The highest BCUT2D eigenvalue weighted by molar-refractivity contribution is 6.31. The van der Waals surface area contributed by atoms with Crippen LogP contribution in [0.25, 0.3) is 0 Å². The highest BCUT2D eigenvalue weighted by atomic mass is 35.5. The van der Waals surface area contributed by atoms with Crippen LogP contribution in [0, 0.1) is 0 Å². The number of anilines is 3. The number of pyridine rings is 1. The Morgan fingerprint density at radius 2 is 1.89 bits per heavy atom. The normalized spacial score (nSPS) is 10.3. The van der Waals surface area contributed by atoms with Crippen molar-refractivity contribution in [3.05, 3.63) is 46.5 Å². The standard InChI is InChI=1S/C12H14ClN5/c13-9-4-2-1-3-7(9)5-8-6-10(14)17-12(18-16)11(8)15/h1-4,6H,5,15-16H2,(H3,14,17,18). The number of nitrogens with one attached hydrogen (secondary N) is 1. The Morgan fingerprint density at radius 1 is 1.17 bits per heavy atom. The topological polar surface area (TPSA) is 103 Å². The van der Waals surface area contributed by atoms with E-state index in [0.29, 0.717) is 28.8 Å². The summed E-state index contributed by atoms with van der Waals surface area (Å²) in [6.07, 6.45) is 0.576. The largest absolute Gasteiger partial charge is 0.395 e. The summed E-state index contributed by atoms with van der Waals surface area (Å²) < 4.78 is 0. The van der Waals surface area contributed by atoms with Gasteiger partial charge in [-0.15, -0.1) is 0 Å². The Hall–Kier alpha value is -1.98. The second-order valence-corrected chi connectivity index (χ2v) is 4.29. The number of halogens is 1. The molecular formula is C12H14ClN5. The van der Waals surface area contributed by atoms with E-state index in [9.17, 15) is 0 Å². The van der Waals surface area contributed by atoms with Gasteiger partial charge in [0.2, 0.25) is 0 Å². The summed E-state index contributed by atoms with van der Waals surface area (Å²) in [6.45, 7) is 0. The van der Waals surface area contributed by atoms with Gasteiger partial charge in [0.15, 0.2) is 5.82 Å². The van der Waals surface area contributed by atoms with E-state index in [1.54, 1.807) is 6.07 Å². The van der Waals surface area contributed by atoms with Crippen LogP contribution in [0.5, 0.6) is 0 Å². The molecule has 0 aliphatic heterocycles. The molecule has 1 aromatic carbocycles. The predicted molar refractivity (Wildman–Crippen MR) is 75.1 cm³/mol. The molecule has 0 unspecified atom stereocenters. The lowest BCUT2D eigenvalue weighted by atomic mass is 10.0. The third-order valence-corrected chi connectivity index (χ3v) is 3.01. The number of benzene rings is 1. The minimum Gasteiger partial charge on any atom is -0.395 e. The average Bonchev–Trinajstić information content (AvgIpc) is 2.36. The highest BCUT2D eigenvalue weighted by Crippen LogP contribution is 2.27. The molecule has 0 amide bonds. The van der Waals surface area contributed by atoms with Gasteiger partial charge in [-0.2, -0.15) is 0 Å². The van der Waals surface area contributed by atoms with Crippen LogP contribution >= 0.6 is 11.6 Å². The van der Waals surface area contributed by atoms with E-state index >= 15 is 0 Å². The minimum atomic E-state index is 0.360. The Morgan fingerprint density at radius 3 is 2.56 bits per heavy atom. The van der Waals surface area contributed by atoms with Crippen molar-refractivity contribution in [2.45, 2.75) is 6.42 Å². The number of hydrogen-bond donors (Lipinski definition) is 4. The Balaban J connectivity index is 2.40. The maximum atomic E-state index is 6.11. The first kappa shape index (κ1) is 12.5. The summed E-state index contributed by atoms with van der Waals surface area (Å²) in [5.74, 6) is 6.07. The second-order valence-electron chi connectivity index (χ2n) is 3.88. The Kier molecular flexibility index (Phi) is 3.55. The van der Waals surface area contributed by atoms with Gasteiger partial charge < -0.3 is 16.9 Å². The lowest BCUT2D eigenvalue weighted by Crippen LogP contribution is -2.13. The van der Waals surface area contributed by atoms with Crippen molar-refractivity contribution in [3.63, 3.8) is 0 Å². The number of nitrogens with two attached hydrogens (primary N) is 3. The number of hydrazine groups is 1. The molecule has 0 aliphatic carbocycles. The summed E-state index contributed by atoms with van der Waals surface area (Å²) in [6, 6.07) is 9.29. The van der Waals surface area contributed by atoms with Crippen LogP contribution in [0.4, 0.5) is 17.3 Å². The summed E-state index contributed by atoms with van der Waals surface area (Å²) in [5, 5.41) is 0.689. The van der Waals surface area contributed by atoms with Crippen molar-refractivity contribution in [2.75, 3.05) is 16.9 Å². The van der Waals surface area contributed by atoms with E-state index in [1.807, 2.05) is 24.3 Å². The second kappa shape index (κ2) is 5.12. The van der Waals surface area contributed by atoms with E-state index < -0.39 is 0 Å². The molecule has 0 bridgehead atoms. The van der Waals surface area contributed by atoms with Crippen LogP contribution in [0.3, 0.4) is 0 Å². The van der Waals surface area contributed by atoms with Gasteiger partial charge >= 0.3 is 0 Å². The highest BCUT2D eigenvalue weighted by Gasteiger charge is 2.10. The number of rotatable bonds is 3. The van der Waals surface area contributed by atoms with E-state index in [2.05, 4.69) is 10.4 Å². The molecule has 6 heteroatoms. The van der Waals surface area contributed by atoms with E-state index in [-0.39, 0.29) is 0 Å². The van der Waals surface area contributed by atoms with Crippen LogP contribution in [-0.4, -0.2) is 4.98 Å². The fraction of sp³-hybridized carbons (Fsp3) is 0.0833. The fourth-order valence-electron chi connectivity index (χ4n) is 1.73. The molecule has 18 heavy (non-hydrogen) atoms.